The van der Waals surface area contributed by atoms with E-state index in [-0.39, 0.29) is 26.1 Å². The molecule has 0 aromatic heterocycles. The van der Waals surface area contributed by atoms with Gasteiger partial charge in [-0.25, -0.2) is 16.8 Å². The van der Waals surface area contributed by atoms with E-state index in [0.29, 0.717) is 13.1 Å². The molecule has 1 N–H and O–H groups in total. The molecule has 0 unspecified atom stereocenters. The van der Waals surface area contributed by atoms with Crippen LogP contribution in [0.25, 0.3) is 0 Å². The molecule has 3 rings (SSSR count). The van der Waals surface area contributed by atoms with Crippen LogP contribution >= 0.6 is 11.6 Å². The van der Waals surface area contributed by atoms with Crippen LogP contribution in [0.2, 0.25) is 5.02 Å². The number of benzene rings is 2. The lowest BCUT2D eigenvalue weighted by Gasteiger charge is -2.17. The molecule has 1 aliphatic heterocycles. The van der Waals surface area contributed by atoms with Crippen molar-refractivity contribution >= 4 is 43.2 Å². The predicted octanol–water partition coefficient (Wildman–Crippen LogP) is 2.63. The van der Waals surface area contributed by atoms with Crippen molar-refractivity contribution in [2.75, 3.05) is 31.9 Å². The first-order chi connectivity index (χ1) is 14.0. The third kappa shape index (κ3) is 4.61. The summed E-state index contributed by atoms with van der Waals surface area (Å²) in [7, 11) is -4.62. The van der Waals surface area contributed by atoms with Gasteiger partial charge in [-0.3, -0.25) is 9.52 Å². The second-order valence-corrected chi connectivity index (χ2v) is 11.1. The standard InChI is InChI=1S/C19H22ClN3O5S2/c1-22(2)19(24)17-10-5-14(20)13-18(17)21-29(25,26)15-6-8-16(9-7-15)30(27,28)23-11-3-4-12-23/h5-10,13,21H,3-4,11-12H2,1-2H3. The molecule has 1 fully saturated rings. The van der Waals surface area contributed by atoms with Gasteiger partial charge in [0.2, 0.25) is 10.0 Å². The molecule has 1 amide bonds. The average molecular weight is 472 g/mol. The predicted molar refractivity (Wildman–Crippen MR) is 115 cm³/mol. The lowest BCUT2D eigenvalue weighted by molar-refractivity contribution is 0.0828. The molecule has 1 aliphatic rings. The Morgan fingerprint density at radius 1 is 0.967 bits per heavy atom. The van der Waals surface area contributed by atoms with Gasteiger partial charge in [0.05, 0.1) is 21.0 Å². The number of hydrogen-bond acceptors (Lipinski definition) is 5. The second-order valence-electron chi connectivity index (χ2n) is 7.08. The molecule has 30 heavy (non-hydrogen) atoms. The zero-order chi connectivity index (χ0) is 22.1. The fourth-order valence-corrected chi connectivity index (χ4v) is 5.86. The van der Waals surface area contributed by atoms with Crippen molar-refractivity contribution in [2.24, 2.45) is 0 Å². The number of carbonyl (C=O) groups excluding carboxylic acids is 1. The van der Waals surface area contributed by atoms with Gasteiger partial charge in [-0.1, -0.05) is 11.6 Å². The number of anilines is 1. The van der Waals surface area contributed by atoms with Crippen LogP contribution in [0.15, 0.2) is 52.3 Å². The molecule has 0 atom stereocenters. The van der Waals surface area contributed by atoms with E-state index in [0.717, 1.165) is 12.8 Å². The van der Waals surface area contributed by atoms with Gasteiger partial charge in [-0.05, 0) is 55.3 Å². The van der Waals surface area contributed by atoms with Crippen LogP contribution < -0.4 is 4.72 Å². The summed E-state index contributed by atoms with van der Waals surface area (Å²) in [6, 6.07) is 9.27. The molecule has 11 heteroatoms. The lowest BCUT2D eigenvalue weighted by atomic mass is 10.1. The van der Waals surface area contributed by atoms with Gasteiger partial charge >= 0.3 is 0 Å². The molecular formula is C19H22ClN3O5S2. The number of sulfonamides is 2. The Kier molecular flexibility index (Phi) is 6.42. The minimum absolute atomic E-state index is 0.0366. The van der Waals surface area contributed by atoms with Gasteiger partial charge in [0.1, 0.15) is 0 Å². The van der Waals surface area contributed by atoms with Crippen molar-refractivity contribution in [1.29, 1.82) is 0 Å². The fourth-order valence-electron chi connectivity index (χ4n) is 3.10. The zero-order valence-corrected chi connectivity index (χ0v) is 18.9. The van der Waals surface area contributed by atoms with Gasteiger partial charge in [0.25, 0.3) is 15.9 Å². The topological polar surface area (TPSA) is 104 Å². The minimum Gasteiger partial charge on any atom is -0.345 e. The first-order valence-electron chi connectivity index (χ1n) is 9.16. The van der Waals surface area contributed by atoms with Gasteiger partial charge in [-0.15, -0.1) is 0 Å². The summed E-state index contributed by atoms with van der Waals surface area (Å²) in [4.78, 5) is 13.6. The maximum absolute atomic E-state index is 12.8. The van der Waals surface area contributed by atoms with E-state index in [1.165, 1.54) is 51.7 Å². The van der Waals surface area contributed by atoms with Gasteiger partial charge in [0.15, 0.2) is 0 Å². The second kappa shape index (κ2) is 8.54. The van der Waals surface area contributed by atoms with Crippen LogP contribution in [0.1, 0.15) is 23.2 Å². The minimum atomic E-state index is -4.08. The van der Waals surface area contributed by atoms with Crippen molar-refractivity contribution in [2.45, 2.75) is 22.6 Å². The molecule has 1 saturated heterocycles. The summed E-state index contributed by atoms with van der Waals surface area (Å²) in [6.45, 7) is 0.919. The highest BCUT2D eigenvalue weighted by atomic mass is 35.5. The molecule has 1 heterocycles. The van der Waals surface area contributed by atoms with E-state index in [1.807, 2.05) is 0 Å². The van der Waals surface area contributed by atoms with E-state index >= 15 is 0 Å². The summed E-state index contributed by atoms with van der Waals surface area (Å²) in [5, 5.41) is 0.259. The monoisotopic (exact) mass is 471 g/mol. The number of halogens is 1. The fraction of sp³-hybridized carbons (Fsp3) is 0.316. The van der Waals surface area contributed by atoms with Crippen molar-refractivity contribution < 1.29 is 21.6 Å². The van der Waals surface area contributed by atoms with Crippen LogP contribution in [0.5, 0.6) is 0 Å². The Hall–Kier alpha value is -2.14. The molecular weight excluding hydrogens is 450 g/mol. The highest BCUT2D eigenvalue weighted by Gasteiger charge is 2.28. The number of amides is 1. The summed E-state index contributed by atoms with van der Waals surface area (Å²) < 4.78 is 54.7. The average Bonchev–Trinajstić information content (AvgIpc) is 3.23. The Labute approximate surface area is 181 Å². The summed E-state index contributed by atoms with van der Waals surface area (Å²) >= 11 is 5.98. The molecule has 8 nitrogen and oxygen atoms in total. The number of carbonyl (C=O) groups is 1. The van der Waals surface area contributed by atoms with Crippen molar-refractivity contribution in [3.05, 3.63) is 53.1 Å². The number of rotatable bonds is 6. The number of nitrogens with one attached hydrogen (secondary N) is 1. The smallest absolute Gasteiger partial charge is 0.261 e. The normalized spacial score (nSPS) is 15.2. The van der Waals surface area contributed by atoms with Crippen molar-refractivity contribution in [3.8, 4) is 0 Å². The molecule has 0 bridgehead atoms. The molecule has 0 aliphatic carbocycles. The van der Waals surface area contributed by atoms with E-state index in [4.69, 9.17) is 11.6 Å². The molecule has 0 saturated carbocycles. The van der Waals surface area contributed by atoms with E-state index in [9.17, 15) is 21.6 Å². The molecule has 2 aromatic carbocycles. The number of nitrogens with zero attached hydrogens (tertiary/aromatic N) is 2. The van der Waals surface area contributed by atoms with Crippen LogP contribution in [0, 0.1) is 0 Å². The van der Waals surface area contributed by atoms with Gasteiger partial charge in [-0.2, -0.15) is 4.31 Å². The Morgan fingerprint density at radius 3 is 2.10 bits per heavy atom. The third-order valence-electron chi connectivity index (χ3n) is 4.70. The third-order valence-corrected chi connectivity index (χ3v) is 8.23. The molecule has 0 radical (unpaired) electrons. The maximum Gasteiger partial charge on any atom is 0.261 e. The summed E-state index contributed by atoms with van der Waals surface area (Å²) in [6.07, 6.45) is 1.62. The lowest BCUT2D eigenvalue weighted by Crippen LogP contribution is -2.27. The Bertz CT molecular complexity index is 1160. The van der Waals surface area contributed by atoms with E-state index in [1.54, 1.807) is 14.1 Å². The quantitative estimate of drug-likeness (QED) is 0.697. The Morgan fingerprint density at radius 2 is 1.53 bits per heavy atom. The highest BCUT2D eigenvalue weighted by Crippen LogP contribution is 2.26. The van der Waals surface area contributed by atoms with Crippen LogP contribution in [-0.2, 0) is 20.0 Å². The molecule has 162 valence electrons. The molecule has 2 aromatic rings. The van der Waals surface area contributed by atoms with Crippen LogP contribution in [0.4, 0.5) is 5.69 Å². The summed E-state index contributed by atoms with van der Waals surface area (Å²) in [5.74, 6) is -0.392. The van der Waals surface area contributed by atoms with Crippen molar-refractivity contribution in [1.82, 2.24) is 9.21 Å². The Balaban J connectivity index is 1.90. The first kappa shape index (κ1) is 22.5. The first-order valence-corrected chi connectivity index (χ1v) is 12.5. The number of hydrogen-bond donors (Lipinski definition) is 1. The van der Waals surface area contributed by atoms with Crippen molar-refractivity contribution in [3.63, 3.8) is 0 Å². The van der Waals surface area contributed by atoms with Gasteiger partial charge in [0, 0.05) is 32.2 Å². The maximum atomic E-state index is 12.8. The molecule has 0 spiro atoms. The summed E-state index contributed by atoms with van der Waals surface area (Å²) in [5.41, 5.74) is 0.177. The van der Waals surface area contributed by atoms with E-state index in [2.05, 4.69) is 4.72 Å². The van der Waals surface area contributed by atoms with Gasteiger partial charge < -0.3 is 4.90 Å². The van der Waals surface area contributed by atoms with Crippen LogP contribution in [-0.4, -0.2) is 59.1 Å². The zero-order valence-electron chi connectivity index (χ0n) is 16.5. The SMILES string of the molecule is CN(C)C(=O)c1ccc(Cl)cc1NS(=O)(=O)c1ccc(S(=O)(=O)N2CCCC2)cc1. The largest absolute Gasteiger partial charge is 0.345 e. The van der Waals surface area contributed by atoms with E-state index < -0.39 is 26.0 Å². The highest BCUT2D eigenvalue weighted by molar-refractivity contribution is 7.92. The van der Waals surface area contributed by atoms with Crippen LogP contribution in [0.3, 0.4) is 0 Å².